The molecule has 1 saturated heterocycles. The van der Waals surface area contributed by atoms with Gasteiger partial charge in [0.1, 0.15) is 0 Å². The molecule has 0 aromatic rings. The van der Waals surface area contributed by atoms with Gasteiger partial charge in [0.05, 0.1) is 0 Å². The van der Waals surface area contributed by atoms with Crippen molar-refractivity contribution < 1.29 is 0 Å². The summed E-state index contributed by atoms with van der Waals surface area (Å²) in [6.07, 6.45) is 17.8. The second-order valence-corrected chi connectivity index (χ2v) is 12.0. The Kier molecular flexibility index (Phi) is 7.22. The molecule has 4 heteroatoms. The van der Waals surface area contributed by atoms with Gasteiger partial charge in [0.15, 0.2) is 0 Å². The monoisotopic (exact) mass is 348 g/mol. The zero-order valence-electron chi connectivity index (χ0n) is 12.4. The van der Waals surface area contributed by atoms with Crippen LogP contribution in [0.5, 0.6) is 0 Å². The van der Waals surface area contributed by atoms with Gasteiger partial charge in [-0.05, 0) is 25.7 Å². The van der Waals surface area contributed by atoms with Gasteiger partial charge in [-0.2, -0.15) is 0 Å². The van der Waals surface area contributed by atoms with Gasteiger partial charge in [0, 0.05) is 21.0 Å². The van der Waals surface area contributed by atoms with Gasteiger partial charge in [-0.3, -0.25) is 0 Å². The molecule has 0 radical (unpaired) electrons. The molecule has 1 aliphatic heterocycles. The van der Waals surface area contributed by atoms with Crippen LogP contribution in [-0.4, -0.2) is 21.0 Å². The summed E-state index contributed by atoms with van der Waals surface area (Å²) in [6.45, 7) is 0. The lowest BCUT2D eigenvalue weighted by Crippen LogP contribution is -2.27. The Hall–Kier alpha value is 1.40. The maximum atomic E-state index is 2.29. The quantitative estimate of drug-likeness (QED) is 0.434. The summed E-state index contributed by atoms with van der Waals surface area (Å²) in [5, 5.41) is 3.74. The summed E-state index contributed by atoms with van der Waals surface area (Å²) in [4.78, 5) is 0. The van der Waals surface area contributed by atoms with E-state index in [1.54, 1.807) is 0 Å². The minimum absolute atomic E-state index is 0.934. The summed E-state index contributed by atoms with van der Waals surface area (Å²) in [5.41, 5.74) is 0. The predicted molar refractivity (Wildman–Crippen MR) is 101 cm³/mol. The highest BCUT2D eigenvalue weighted by atomic mass is 33.1. The maximum absolute atomic E-state index is 2.29. The first-order chi connectivity index (χ1) is 9.93. The van der Waals surface area contributed by atoms with E-state index >= 15 is 0 Å². The fourth-order valence-electron chi connectivity index (χ4n) is 3.56. The number of hydrogen-bond acceptors (Lipinski definition) is 4. The van der Waals surface area contributed by atoms with Crippen molar-refractivity contribution in [3.05, 3.63) is 0 Å². The van der Waals surface area contributed by atoms with Crippen LogP contribution < -0.4 is 0 Å². The van der Waals surface area contributed by atoms with Crippen LogP contribution in [0.2, 0.25) is 0 Å². The average Bonchev–Trinajstić information content (AvgIpc) is 2.39. The van der Waals surface area contributed by atoms with Crippen LogP contribution in [0, 0.1) is 0 Å². The first-order valence-electron chi connectivity index (χ1n) is 8.58. The van der Waals surface area contributed by atoms with Gasteiger partial charge in [-0.1, -0.05) is 94.5 Å². The van der Waals surface area contributed by atoms with E-state index in [1.807, 2.05) is 0 Å². The van der Waals surface area contributed by atoms with E-state index in [4.69, 9.17) is 0 Å². The minimum Gasteiger partial charge on any atom is -0.0892 e. The van der Waals surface area contributed by atoms with E-state index in [0.717, 1.165) is 21.0 Å². The third kappa shape index (κ3) is 4.70. The molecule has 0 amide bonds. The molecular weight excluding hydrogens is 320 g/mol. The average molecular weight is 349 g/mol. The van der Waals surface area contributed by atoms with E-state index in [0.29, 0.717) is 0 Å². The predicted octanol–water partition coefficient (Wildman–Crippen LogP) is 6.95. The second-order valence-electron chi connectivity index (χ2n) is 6.52. The lowest BCUT2D eigenvalue weighted by molar-refractivity contribution is 0.519. The summed E-state index contributed by atoms with van der Waals surface area (Å²) < 4.78 is 0. The second kappa shape index (κ2) is 8.88. The highest BCUT2D eigenvalue weighted by molar-refractivity contribution is 8.80. The summed E-state index contributed by atoms with van der Waals surface area (Å²) in [5.74, 6) is 0. The molecule has 0 nitrogen and oxygen atoms in total. The van der Waals surface area contributed by atoms with Crippen LogP contribution in [0.25, 0.3) is 0 Å². The number of rotatable bonds is 0. The van der Waals surface area contributed by atoms with E-state index in [2.05, 4.69) is 43.2 Å². The number of hydrogen-bond donors (Lipinski definition) is 0. The highest BCUT2D eigenvalue weighted by Gasteiger charge is 2.33. The van der Waals surface area contributed by atoms with Crippen molar-refractivity contribution in [2.75, 3.05) is 0 Å². The SMILES string of the molecule is C1CCCC2SSC3CCCCCCC3SSC2CC1. The zero-order valence-corrected chi connectivity index (χ0v) is 15.7. The molecule has 3 fully saturated rings. The molecule has 3 aliphatic rings. The van der Waals surface area contributed by atoms with Crippen LogP contribution >= 0.6 is 43.2 Å². The molecule has 2 saturated carbocycles. The van der Waals surface area contributed by atoms with Crippen molar-refractivity contribution in [3.63, 3.8) is 0 Å². The Morgan fingerprint density at radius 3 is 0.850 bits per heavy atom. The van der Waals surface area contributed by atoms with Crippen molar-refractivity contribution in [3.8, 4) is 0 Å². The van der Waals surface area contributed by atoms with Gasteiger partial charge in [0.25, 0.3) is 0 Å². The Morgan fingerprint density at radius 1 is 0.350 bits per heavy atom. The fourth-order valence-corrected chi connectivity index (χ4v) is 12.2. The van der Waals surface area contributed by atoms with E-state index < -0.39 is 0 Å². The fraction of sp³-hybridized carbons (Fsp3) is 1.00. The number of fused-ring (bicyclic) bond motifs is 2. The van der Waals surface area contributed by atoms with Crippen LogP contribution in [0.4, 0.5) is 0 Å². The lowest BCUT2D eigenvalue weighted by Gasteiger charge is -2.36. The van der Waals surface area contributed by atoms with E-state index in [9.17, 15) is 0 Å². The molecule has 4 unspecified atom stereocenters. The molecule has 2 aliphatic carbocycles. The molecule has 0 aromatic carbocycles. The smallest absolute Gasteiger partial charge is 0.0278 e. The van der Waals surface area contributed by atoms with Gasteiger partial charge in [-0.15, -0.1) is 0 Å². The van der Waals surface area contributed by atoms with Crippen LogP contribution in [0.15, 0.2) is 0 Å². The summed E-state index contributed by atoms with van der Waals surface area (Å²) in [6, 6.07) is 0. The molecule has 1 heterocycles. The summed E-state index contributed by atoms with van der Waals surface area (Å²) >= 11 is 0. The first-order valence-corrected chi connectivity index (χ1v) is 13.1. The Morgan fingerprint density at radius 2 is 0.600 bits per heavy atom. The highest BCUT2D eigenvalue weighted by Crippen LogP contribution is 2.53. The molecular formula is C16H28S4. The largest absolute Gasteiger partial charge is 0.0892 e. The third-order valence-corrected chi connectivity index (χ3v) is 12.3. The third-order valence-electron chi connectivity index (χ3n) is 4.89. The molecule has 3 rings (SSSR count). The maximum Gasteiger partial charge on any atom is 0.0278 e. The van der Waals surface area contributed by atoms with Crippen molar-refractivity contribution >= 4 is 43.2 Å². The van der Waals surface area contributed by atoms with E-state index in [1.165, 1.54) is 77.0 Å². The molecule has 20 heavy (non-hydrogen) atoms. The molecule has 0 N–H and O–H groups in total. The molecule has 0 bridgehead atoms. The Labute approximate surface area is 140 Å². The summed E-state index contributed by atoms with van der Waals surface area (Å²) in [7, 11) is 9.15. The molecule has 0 spiro atoms. The zero-order chi connectivity index (χ0) is 13.6. The van der Waals surface area contributed by atoms with Crippen LogP contribution in [0.3, 0.4) is 0 Å². The normalized spacial score (nSPS) is 40.8. The van der Waals surface area contributed by atoms with Crippen molar-refractivity contribution in [2.24, 2.45) is 0 Å². The molecule has 116 valence electrons. The van der Waals surface area contributed by atoms with Gasteiger partial charge in [0.2, 0.25) is 0 Å². The lowest BCUT2D eigenvalue weighted by atomic mass is 10.00. The molecule has 0 aromatic heterocycles. The van der Waals surface area contributed by atoms with Crippen molar-refractivity contribution in [2.45, 2.75) is 98.0 Å². The van der Waals surface area contributed by atoms with Crippen LogP contribution in [0.1, 0.15) is 77.0 Å². The van der Waals surface area contributed by atoms with Crippen molar-refractivity contribution in [1.29, 1.82) is 0 Å². The van der Waals surface area contributed by atoms with E-state index in [-0.39, 0.29) is 0 Å². The van der Waals surface area contributed by atoms with Gasteiger partial charge >= 0.3 is 0 Å². The standard InChI is InChI=1S/C16H28S4/c1-2-6-10-14-13(9-5-1)17-19-15-11-7-3-4-8-12-16(15)20-18-14/h13-16H,1-12H2. The van der Waals surface area contributed by atoms with Gasteiger partial charge < -0.3 is 0 Å². The molecule has 4 atom stereocenters. The van der Waals surface area contributed by atoms with Crippen LogP contribution in [-0.2, 0) is 0 Å². The topological polar surface area (TPSA) is 0 Å². The van der Waals surface area contributed by atoms with Gasteiger partial charge in [-0.25, -0.2) is 0 Å². The minimum atomic E-state index is 0.934. The first kappa shape index (κ1) is 16.3. The Balaban J connectivity index is 1.62. The van der Waals surface area contributed by atoms with Crippen molar-refractivity contribution in [1.82, 2.24) is 0 Å². The Bertz CT molecular complexity index is 228.